The summed E-state index contributed by atoms with van der Waals surface area (Å²) < 4.78 is 0. The fourth-order valence-corrected chi connectivity index (χ4v) is 3.55. The molecule has 1 fully saturated rings. The Hall–Kier alpha value is -2.08. The van der Waals surface area contributed by atoms with Gasteiger partial charge >= 0.3 is 0 Å². The van der Waals surface area contributed by atoms with E-state index in [1.54, 1.807) is 6.92 Å². The lowest BCUT2D eigenvalue weighted by atomic mass is 9.81. The molecule has 144 valence electrons. The average molecular weight is 361 g/mol. The third-order valence-electron chi connectivity index (χ3n) is 5.72. The molecule has 1 aromatic carbocycles. The molecule has 0 bridgehead atoms. The van der Waals surface area contributed by atoms with Gasteiger partial charge in [0.1, 0.15) is 0 Å². The maximum absolute atomic E-state index is 12.7. The molecule has 26 heavy (non-hydrogen) atoms. The molecule has 6 heteroatoms. The molecule has 2 rings (SSSR count). The largest absolute Gasteiger partial charge is 0.368 e. The summed E-state index contributed by atoms with van der Waals surface area (Å²) >= 11 is 0. The zero-order valence-corrected chi connectivity index (χ0v) is 16.3. The van der Waals surface area contributed by atoms with Gasteiger partial charge in [0.15, 0.2) is 0 Å². The first-order chi connectivity index (χ1) is 12.5. The van der Waals surface area contributed by atoms with Crippen LogP contribution in [0.2, 0.25) is 0 Å². The van der Waals surface area contributed by atoms with Crippen LogP contribution in [0.25, 0.3) is 0 Å². The van der Waals surface area contributed by atoms with Gasteiger partial charge in [-0.15, -0.1) is 0 Å². The Morgan fingerprint density at radius 2 is 1.73 bits per heavy atom. The average Bonchev–Trinajstić information content (AvgIpc) is 2.68. The van der Waals surface area contributed by atoms with Gasteiger partial charge in [-0.1, -0.05) is 32.0 Å². The second-order valence-corrected chi connectivity index (χ2v) is 7.00. The number of para-hydroxylation sites is 1. The van der Waals surface area contributed by atoms with Crippen molar-refractivity contribution >= 4 is 17.5 Å². The number of benzene rings is 1. The van der Waals surface area contributed by atoms with Crippen LogP contribution in [0.5, 0.6) is 0 Å². The van der Waals surface area contributed by atoms with E-state index in [0.29, 0.717) is 13.1 Å². The second-order valence-electron chi connectivity index (χ2n) is 7.00. The number of anilines is 1. The van der Waals surface area contributed by atoms with E-state index in [1.165, 1.54) is 0 Å². The predicted molar refractivity (Wildman–Crippen MR) is 105 cm³/mol. The van der Waals surface area contributed by atoms with Crippen LogP contribution < -0.4 is 16.0 Å². The molecule has 2 amide bonds. The molecule has 1 aliphatic heterocycles. The Bertz CT molecular complexity index is 612. The first kappa shape index (κ1) is 20.2. The number of carbonyl (C=O) groups excluding carboxylic acids is 2. The van der Waals surface area contributed by atoms with Crippen LogP contribution in [0.1, 0.15) is 39.2 Å². The molecule has 0 aromatic heterocycles. The summed E-state index contributed by atoms with van der Waals surface area (Å²) in [6.07, 6.45) is 1.47. The molecule has 0 atom stereocenters. The quantitative estimate of drug-likeness (QED) is 0.776. The number of piperazine rings is 1. The molecule has 1 heterocycles. The number of nitrogens with two attached hydrogens (primary N) is 1. The summed E-state index contributed by atoms with van der Waals surface area (Å²) in [5.74, 6) is 0.156. The van der Waals surface area contributed by atoms with Gasteiger partial charge in [-0.3, -0.25) is 9.59 Å². The van der Waals surface area contributed by atoms with Crippen LogP contribution >= 0.6 is 0 Å². The third kappa shape index (κ3) is 4.36. The van der Waals surface area contributed by atoms with Crippen molar-refractivity contribution in [2.75, 3.05) is 37.6 Å². The van der Waals surface area contributed by atoms with Crippen LogP contribution in [-0.2, 0) is 16.1 Å². The Labute approximate surface area is 156 Å². The van der Waals surface area contributed by atoms with E-state index < -0.39 is 5.41 Å². The van der Waals surface area contributed by atoms with Crippen molar-refractivity contribution in [2.24, 2.45) is 11.1 Å². The fourth-order valence-electron chi connectivity index (χ4n) is 3.55. The van der Waals surface area contributed by atoms with E-state index in [1.807, 2.05) is 30.9 Å². The van der Waals surface area contributed by atoms with E-state index in [4.69, 9.17) is 5.73 Å². The lowest BCUT2D eigenvalue weighted by molar-refractivity contribution is -0.131. The van der Waals surface area contributed by atoms with Gasteiger partial charge < -0.3 is 20.9 Å². The van der Waals surface area contributed by atoms with E-state index in [-0.39, 0.29) is 11.8 Å². The maximum atomic E-state index is 12.7. The molecule has 1 aromatic rings. The summed E-state index contributed by atoms with van der Waals surface area (Å²) in [6.45, 7) is 9.57. The highest BCUT2D eigenvalue weighted by Gasteiger charge is 2.33. The Morgan fingerprint density at radius 1 is 1.12 bits per heavy atom. The van der Waals surface area contributed by atoms with E-state index >= 15 is 0 Å². The van der Waals surface area contributed by atoms with Gasteiger partial charge in [-0.2, -0.15) is 0 Å². The molecule has 6 nitrogen and oxygen atoms in total. The molecular weight excluding hydrogens is 328 g/mol. The van der Waals surface area contributed by atoms with E-state index in [9.17, 15) is 9.59 Å². The first-order valence-electron chi connectivity index (χ1n) is 9.54. The van der Waals surface area contributed by atoms with Gasteiger partial charge in [0.2, 0.25) is 11.8 Å². The molecule has 0 radical (unpaired) electrons. The molecular formula is C20H32N4O2. The van der Waals surface area contributed by atoms with Crippen molar-refractivity contribution in [2.45, 2.75) is 40.2 Å². The third-order valence-corrected chi connectivity index (χ3v) is 5.72. The van der Waals surface area contributed by atoms with Crippen molar-refractivity contribution in [3.05, 3.63) is 29.8 Å². The monoisotopic (exact) mass is 360 g/mol. The summed E-state index contributed by atoms with van der Waals surface area (Å²) in [5.41, 5.74) is 7.62. The van der Waals surface area contributed by atoms with Crippen LogP contribution in [0, 0.1) is 5.41 Å². The molecule has 0 saturated carbocycles. The van der Waals surface area contributed by atoms with Crippen molar-refractivity contribution in [3.8, 4) is 0 Å². The van der Waals surface area contributed by atoms with Gasteiger partial charge in [0.25, 0.3) is 0 Å². The number of rotatable bonds is 7. The minimum Gasteiger partial charge on any atom is -0.368 e. The Balaban J connectivity index is 2.06. The van der Waals surface area contributed by atoms with E-state index in [2.05, 4.69) is 22.3 Å². The highest BCUT2D eigenvalue weighted by Crippen LogP contribution is 2.26. The summed E-state index contributed by atoms with van der Waals surface area (Å²) in [7, 11) is 0. The number of hydrogen-bond donors (Lipinski definition) is 2. The van der Waals surface area contributed by atoms with Crippen LogP contribution in [0.4, 0.5) is 5.69 Å². The van der Waals surface area contributed by atoms with Crippen molar-refractivity contribution in [1.29, 1.82) is 0 Å². The minimum atomic E-state index is -0.484. The number of carbonyl (C=O) groups is 2. The minimum absolute atomic E-state index is 0.0289. The van der Waals surface area contributed by atoms with Gasteiger partial charge in [0.05, 0.1) is 5.41 Å². The standard InChI is InChI=1S/C20H32N4O2/c1-4-20(5-2,15-21)19(26)22-14-17-8-6-7-9-18(17)24-12-10-23(11-13-24)16(3)25/h6-9H,4-5,10-15,21H2,1-3H3,(H,22,26). The summed E-state index contributed by atoms with van der Waals surface area (Å²) in [4.78, 5) is 28.4. The SMILES string of the molecule is CCC(CC)(CN)C(=O)NCc1ccccc1N1CCN(C(C)=O)CC1. The van der Waals surface area contributed by atoms with E-state index in [0.717, 1.165) is 50.3 Å². The van der Waals surface area contributed by atoms with Crippen LogP contribution in [-0.4, -0.2) is 49.4 Å². The lowest BCUT2D eigenvalue weighted by Crippen LogP contribution is -2.48. The zero-order chi connectivity index (χ0) is 19.2. The normalized spacial score (nSPS) is 15.1. The van der Waals surface area contributed by atoms with Gasteiger partial charge in [0, 0.05) is 51.9 Å². The highest BCUT2D eigenvalue weighted by atomic mass is 16.2. The number of amides is 2. The lowest BCUT2D eigenvalue weighted by Gasteiger charge is -2.36. The Kier molecular flexibility index (Phi) is 7.03. The summed E-state index contributed by atoms with van der Waals surface area (Å²) in [5, 5.41) is 3.09. The smallest absolute Gasteiger partial charge is 0.227 e. The molecule has 1 saturated heterocycles. The van der Waals surface area contributed by atoms with Crippen molar-refractivity contribution in [1.82, 2.24) is 10.2 Å². The van der Waals surface area contributed by atoms with Crippen LogP contribution in [0.15, 0.2) is 24.3 Å². The van der Waals surface area contributed by atoms with Gasteiger partial charge in [-0.05, 0) is 24.5 Å². The second kappa shape index (κ2) is 9.03. The maximum Gasteiger partial charge on any atom is 0.227 e. The summed E-state index contributed by atoms with van der Waals surface area (Å²) in [6, 6.07) is 8.14. The predicted octanol–water partition coefficient (Wildman–Crippen LogP) is 1.74. The van der Waals surface area contributed by atoms with Crippen molar-refractivity contribution < 1.29 is 9.59 Å². The number of hydrogen-bond acceptors (Lipinski definition) is 4. The number of nitrogens with one attached hydrogen (secondary N) is 1. The zero-order valence-electron chi connectivity index (χ0n) is 16.3. The molecule has 0 spiro atoms. The first-order valence-corrected chi connectivity index (χ1v) is 9.54. The Morgan fingerprint density at radius 3 is 2.27 bits per heavy atom. The molecule has 0 aliphatic carbocycles. The molecule has 1 aliphatic rings. The number of nitrogens with zero attached hydrogens (tertiary/aromatic N) is 2. The highest BCUT2D eigenvalue weighted by molar-refractivity contribution is 5.83. The van der Waals surface area contributed by atoms with Gasteiger partial charge in [-0.25, -0.2) is 0 Å². The molecule has 3 N–H and O–H groups in total. The fraction of sp³-hybridized carbons (Fsp3) is 0.600. The molecule has 0 unspecified atom stereocenters. The van der Waals surface area contributed by atoms with Crippen molar-refractivity contribution in [3.63, 3.8) is 0 Å². The van der Waals surface area contributed by atoms with Crippen LogP contribution in [0.3, 0.4) is 0 Å². The topological polar surface area (TPSA) is 78.7 Å².